The van der Waals surface area contributed by atoms with E-state index in [2.05, 4.69) is 27.5 Å². The summed E-state index contributed by atoms with van der Waals surface area (Å²) < 4.78 is 70.9. The van der Waals surface area contributed by atoms with Gasteiger partial charge in [-0.2, -0.15) is 8.78 Å². The van der Waals surface area contributed by atoms with E-state index in [0.29, 0.717) is 0 Å². The van der Waals surface area contributed by atoms with Crippen molar-refractivity contribution in [3.8, 4) is 11.5 Å². The van der Waals surface area contributed by atoms with Crippen molar-refractivity contribution in [3.63, 3.8) is 0 Å². The van der Waals surface area contributed by atoms with Gasteiger partial charge >= 0.3 is 5.97 Å². The number of carbonyl (C=O) groups is 2. The molecule has 0 heterocycles. The number of carbonyl (C=O) groups excluding carboxylic acids is 2. The van der Waals surface area contributed by atoms with E-state index < -0.39 is 58.0 Å². The van der Waals surface area contributed by atoms with Crippen LogP contribution in [-0.2, 0) is 0 Å². The molecule has 33 heavy (non-hydrogen) atoms. The fraction of sp³-hybridized carbons (Fsp3) is 0.273. The maximum Gasteiger partial charge on any atom is 0.344 e. The highest BCUT2D eigenvalue weighted by molar-refractivity contribution is 6.01. The highest BCUT2D eigenvalue weighted by Gasteiger charge is 2.29. The summed E-state index contributed by atoms with van der Waals surface area (Å²) in [4.78, 5) is 23.7. The fourth-order valence-electron chi connectivity index (χ4n) is 2.45. The van der Waals surface area contributed by atoms with Gasteiger partial charge in [0.05, 0.1) is 11.1 Å². The van der Waals surface area contributed by atoms with Crippen LogP contribution in [0.5, 0.6) is 11.5 Å². The van der Waals surface area contributed by atoms with Crippen LogP contribution in [-0.4, -0.2) is 37.6 Å². The van der Waals surface area contributed by atoms with E-state index in [1.807, 2.05) is 14.0 Å². The number of ether oxygens (including phenoxy) is 1. The number of benzene rings is 2. The summed E-state index contributed by atoms with van der Waals surface area (Å²) in [5.74, 6) is -16.1. The Bertz CT molecular complexity index is 1030. The minimum atomic E-state index is -2.40. The molecule has 180 valence electrons. The molecule has 0 aliphatic rings. The minimum Gasteiger partial charge on any atom is -0.507 e. The van der Waals surface area contributed by atoms with E-state index in [4.69, 9.17) is 0 Å². The molecule has 3 N–H and O–H groups in total. The summed E-state index contributed by atoms with van der Waals surface area (Å²) in [5, 5.41) is 14.9. The van der Waals surface area contributed by atoms with Gasteiger partial charge in [-0.15, -0.1) is 0 Å². The second kappa shape index (κ2) is 12.5. The summed E-state index contributed by atoms with van der Waals surface area (Å²) in [6, 6.07) is 1.86. The second-order valence-electron chi connectivity index (χ2n) is 6.51. The van der Waals surface area contributed by atoms with Crippen LogP contribution in [0.1, 0.15) is 39.6 Å². The average molecular weight is 474 g/mol. The molecular weight excluding hydrogens is 451 g/mol. The lowest BCUT2D eigenvalue weighted by Gasteiger charge is -2.12. The third kappa shape index (κ3) is 6.75. The lowest BCUT2D eigenvalue weighted by Crippen LogP contribution is -2.20. The molecule has 0 saturated heterocycles. The lowest BCUT2D eigenvalue weighted by atomic mass is 10.0. The van der Waals surface area contributed by atoms with Crippen molar-refractivity contribution in [1.82, 2.24) is 10.6 Å². The molecule has 2 aromatic rings. The Morgan fingerprint density at radius 3 is 2.00 bits per heavy atom. The molecule has 11 heteroatoms. The first-order valence-electron chi connectivity index (χ1n) is 9.56. The molecule has 0 saturated carbocycles. The summed E-state index contributed by atoms with van der Waals surface area (Å²) in [6.07, 6.45) is 5.36. The number of phenols is 1. The molecule has 0 aromatic heterocycles. The van der Waals surface area contributed by atoms with Crippen molar-refractivity contribution in [2.45, 2.75) is 20.3 Å². The number of nitrogens with one attached hydrogen (secondary N) is 2. The molecule has 6 nitrogen and oxygen atoms in total. The van der Waals surface area contributed by atoms with Crippen molar-refractivity contribution in [3.05, 3.63) is 70.1 Å². The SMILES string of the molecule is C/C=C/CCNC.CNC(=O)c1cc(C(=O)Oc2c(F)c(F)c(F)c(F)c2F)c(C)cc1O. The number of halogens is 5. The number of aryl methyl sites for hydroxylation is 1. The van der Waals surface area contributed by atoms with Crippen LogP contribution in [0, 0.1) is 36.0 Å². The van der Waals surface area contributed by atoms with Gasteiger partial charge in [-0.1, -0.05) is 12.2 Å². The Hall–Kier alpha value is -3.47. The van der Waals surface area contributed by atoms with Crippen LogP contribution in [0.4, 0.5) is 22.0 Å². The Morgan fingerprint density at radius 2 is 1.52 bits per heavy atom. The summed E-state index contributed by atoms with van der Waals surface area (Å²) in [7, 11) is 3.21. The number of phenolic OH excluding ortho intramolecular Hbond substituents is 1. The van der Waals surface area contributed by atoms with Crippen LogP contribution < -0.4 is 15.4 Å². The topological polar surface area (TPSA) is 87.7 Å². The van der Waals surface area contributed by atoms with Crippen molar-refractivity contribution in [1.29, 1.82) is 0 Å². The smallest absolute Gasteiger partial charge is 0.344 e. The first-order valence-corrected chi connectivity index (χ1v) is 9.56. The first-order chi connectivity index (χ1) is 15.5. The van der Waals surface area contributed by atoms with Crippen LogP contribution >= 0.6 is 0 Å². The van der Waals surface area contributed by atoms with Crippen molar-refractivity contribution >= 4 is 11.9 Å². The van der Waals surface area contributed by atoms with Gasteiger partial charge < -0.3 is 20.5 Å². The Balaban J connectivity index is 0.000000675. The van der Waals surface area contributed by atoms with E-state index in [1.54, 1.807) is 0 Å². The van der Waals surface area contributed by atoms with Crippen molar-refractivity contribution in [2.24, 2.45) is 0 Å². The maximum absolute atomic E-state index is 13.6. The molecule has 2 aromatic carbocycles. The molecular formula is C22H23F5N2O4. The van der Waals surface area contributed by atoms with Gasteiger partial charge in [-0.3, -0.25) is 4.79 Å². The molecule has 0 atom stereocenters. The predicted octanol–water partition coefficient (Wildman–Crippen LogP) is 4.15. The Morgan fingerprint density at radius 1 is 0.970 bits per heavy atom. The highest BCUT2D eigenvalue weighted by atomic mass is 19.2. The van der Waals surface area contributed by atoms with Crippen molar-refractivity contribution < 1.29 is 41.4 Å². The summed E-state index contributed by atoms with van der Waals surface area (Å²) >= 11 is 0. The van der Waals surface area contributed by atoms with Gasteiger partial charge in [0.2, 0.25) is 34.8 Å². The monoisotopic (exact) mass is 474 g/mol. The van der Waals surface area contributed by atoms with Crippen LogP contribution in [0.15, 0.2) is 24.3 Å². The van der Waals surface area contributed by atoms with Crippen LogP contribution in [0.3, 0.4) is 0 Å². The maximum atomic E-state index is 13.6. The third-order valence-corrected chi connectivity index (χ3v) is 4.20. The van der Waals surface area contributed by atoms with Gasteiger partial charge in [0.25, 0.3) is 5.91 Å². The zero-order valence-electron chi connectivity index (χ0n) is 18.3. The van der Waals surface area contributed by atoms with Gasteiger partial charge in [0.15, 0.2) is 0 Å². The zero-order chi connectivity index (χ0) is 25.3. The molecule has 0 radical (unpaired) electrons. The summed E-state index contributed by atoms with van der Waals surface area (Å²) in [6.45, 7) is 4.42. The van der Waals surface area contributed by atoms with Crippen LogP contribution in [0.2, 0.25) is 0 Å². The third-order valence-electron chi connectivity index (χ3n) is 4.20. The van der Waals surface area contributed by atoms with Gasteiger partial charge in [0.1, 0.15) is 5.75 Å². The zero-order valence-corrected chi connectivity index (χ0v) is 18.3. The van der Waals surface area contributed by atoms with Crippen LogP contribution in [0.25, 0.3) is 0 Å². The molecule has 2 rings (SSSR count). The Labute approximate surface area is 187 Å². The number of esters is 1. The average Bonchev–Trinajstić information content (AvgIpc) is 2.79. The van der Waals surface area contributed by atoms with E-state index in [9.17, 15) is 36.6 Å². The van der Waals surface area contributed by atoms with Gasteiger partial charge in [0, 0.05) is 7.05 Å². The van der Waals surface area contributed by atoms with Gasteiger partial charge in [-0.05, 0) is 51.6 Å². The molecule has 1 amide bonds. The van der Waals surface area contributed by atoms with Gasteiger partial charge in [-0.25, -0.2) is 18.0 Å². The minimum absolute atomic E-state index is 0.0315. The normalized spacial score (nSPS) is 10.6. The standard InChI is InChI=1S/C16H10F5NO4.C6H13N/c1-5-3-8(23)7(15(24)22-2)4-6(5)16(25)26-14-12(20)10(18)9(17)11(19)13(14)21;1-3-4-5-6-7-2/h3-4,23H,1-2H3,(H,22,24);3-4,7H,5-6H2,1-2H3/b;4-3+. The largest absolute Gasteiger partial charge is 0.507 e. The number of hydrogen-bond donors (Lipinski definition) is 3. The van der Waals surface area contributed by atoms with E-state index in [1.165, 1.54) is 14.0 Å². The summed E-state index contributed by atoms with van der Waals surface area (Å²) in [5.41, 5.74) is -0.753. The lowest BCUT2D eigenvalue weighted by molar-refractivity contribution is 0.0715. The number of amides is 1. The molecule has 0 aliphatic carbocycles. The van der Waals surface area contributed by atoms with E-state index in [-0.39, 0.29) is 11.1 Å². The first kappa shape index (κ1) is 27.6. The molecule has 0 aliphatic heterocycles. The predicted molar refractivity (Wildman–Crippen MR) is 111 cm³/mol. The molecule has 0 spiro atoms. The van der Waals surface area contributed by atoms with Crippen molar-refractivity contribution in [2.75, 3.05) is 20.6 Å². The number of allylic oxidation sites excluding steroid dienone is 1. The highest BCUT2D eigenvalue weighted by Crippen LogP contribution is 2.30. The van der Waals surface area contributed by atoms with E-state index in [0.717, 1.165) is 25.1 Å². The number of rotatable bonds is 6. The number of aromatic hydroxyl groups is 1. The number of hydrogen-bond acceptors (Lipinski definition) is 5. The Kier molecular flexibility index (Phi) is 10.5. The molecule has 0 fully saturated rings. The fourth-order valence-corrected chi connectivity index (χ4v) is 2.45. The molecule has 0 bridgehead atoms. The quantitative estimate of drug-likeness (QED) is 0.111. The van der Waals surface area contributed by atoms with E-state index >= 15 is 0 Å². The second-order valence-corrected chi connectivity index (χ2v) is 6.51. The molecule has 0 unspecified atom stereocenters.